The second-order valence-corrected chi connectivity index (χ2v) is 5.23. The standard InChI is InChI=1S/C11H23NO/c1-6-11(5,12)8-10(3,4)7-9(2)13/h6-8,12H2,1-5H3. The molecule has 0 aliphatic carbocycles. The number of nitrogens with two attached hydrogens (primary N) is 1. The van der Waals surface area contributed by atoms with Crippen LogP contribution in [-0.4, -0.2) is 11.3 Å². The Balaban J connectivity index is 4.24. The Labute approximate surface area is 81.9 Å². The third-order valence-electron chi connectivity index (χ3n) is 2.42. The van der Waals surface area contributed by atoms with E-state index in [9.17, 15) is 4.79 Å². The Hall–Kier alpha value is -0.370. The number of Topliss-reactive ketones (excluding diaryl/α,β-unsaturated/α-hetero) is 1. The molecule has 0 heterocycles. The molecule has 13 heavy (non-hydrogen) atoms. The first kappa shape index (κ1) is 12.6. The van der Waals surface area contributed by atoms with Crippen molar-refractivity contribution in [3.8, 4) is 0 Å². The van der Waals surface area contributed by atoms with Crippen molar-refractivity contribution in [1.29, 1.82) is 0 Å². The molecule has 2 N–H and O–H groups in total. The Morgan fingerprint density at radius 2 is 1.77 bits per heavy atom. The number of hydrogen-bond acceptors (Lipinski definition) is 2. The maximum absolute atomic E-state index is 11.0. The summed E-state index contributed by atoms with van der Waals surface area (Å²) in [5.74, 6) is 0.247. The van der Waals surface area contributed by atoms with Gasteiger partial charge >= 0.3 is 0 Å². The minimum Gasteiger partial charge on any atom is -0.325 e. The van der Waals surface area contributed by atoms with Crippen LogP contribution in [0, 0.1) is 5.41 Å². The van der Waals surface area contributed by atoms with Crippen LogP contribution in [0.15, 0.2) is 0 Å². The lowest BCUT2D eigenvalue weighted by Gasteiger charge is -2.33. The molecule has 0 saturated heterocycles. The molecule has 2 nitrogen and oxygen atoms in total. The van der Waals surface area contributed by atoms with E-state index in [1.165, 1.54) is 0 Å². The molecule has 1 unspecified atom stereocenters. The summed E-state index contributed by atoms with van der Waals surface area (Å²) in [4.78, 5) is 11.0. The lowest BCUT2D eigenvalue weighted by Crippen LogP contribution is -2.40. The van der Waals surface area contributed by atoms with Crippen molar-refractivity contribution in [3.63, 3.8) is 0 Å². The fourth-order valence-corrected chi connectivity index (χ4v) is 1.95. The van der Waals surface area contributed by atoms with E-state index in [0.717, 1.165) is 12.8 Å². The van der Waals surface area contributed by atoms with E-state index in [4.69, 9.17) is 5.73 Å². The van der Waals surface area contributed by atoms with Crippen molar-refractivity contribution < 1.29 is 4.79 Å². The van der Waals surface area contributed by atoms with Crippen LogP contribution >= 0.6 is 0 Å². The molecule has 0 saturated carbocycles. The second kappa shape index (κ2) is 4.23. The molecule has 0 aliphatic rings. The Morgan fingerprint density at radius 1 is 1.31 bits per heavy atom. The smallest absolute Gasteiger partial charge is 0.130 e. The monoisotopic (exact) mass is 185 g/mol. The highest BCUT2D eigenvalue weighted by atomic mass is 16.1. The van der Waals surface area contributed by atoms with Gasteiger partial charge in [0.15, 0.2) is 0 Å². The summed E-state index contributed by atoms with van der Waals surface area (Å²) in [6, 6.07) is 0. The zero-order chi connectivity index (χ0) is 10.7. The molecule has 0 spiro atoms. The third kappa shape index (κ3) is 5.81. The summed E-state index contributed by atoms with van der Waals surface area (Å²) in [5, 5.41) is 0. The Bertz CT molecular complexity index is 183. The van der Waals surface area contributed by atoms with Crippen LogP contribution in [0.3, 0.4) is 0 Å². The van der Waals surface area contributed by atoms with Crippen molar-refractivity contribution >= 4 is 5.78 Å². The van der Waals surface area contributed by atoms with Crippen molar-refractivity contribution in [1.82, 2.24) is 0 Å². The molecule has 0 fully saturated rings. The van der Waals surface area contributed by atoms with E-state index < -0.39 is 0 Å². The largest absolute Gasteiger partial charge is 0.325 e. The van der Waals surface area contributed by atoms with E-state index >= 15 is 0 Å². The van der Waals surface area contributed by atoms with Gasteiger partial charge in [-0.15, -0.1) is 0 Å². The fraction of sp³-hybridized carbons (Fsp3) is 0.909. The second-order valence-electron chi connectivity index (χ2n) is 5.23. The van der Waals surface area contributed by atoms with E-state index in [1.54, 1.807) is 6.92 Å². The Kier molecular flexibility index (Phi) is 4.11. The summed E-state index contributed by atoms with van der Waals surface area (Å²) in [7, 11) is 0. The van der Waals surface area contributed by atoms with Crippen molar-refractivity contribution in [2.24, 2.45) is 11.1 Å². The van der Waals surface area contributed by atoms with E-state index in [2.05, 4.69) is 27.7 Å². The van der Waals surface area contributed by atoms with Crippen LogP contribution in [0.2, 0.25) is 0 Å². The number of carbonyl (C=O) groups excluding carboxylic acids is 1. The highest BCUT2D eigenvalue weighted by Gasteiger charge is 2.28. The first-order chi connectivity index (χ1) is 5.68. The normalized spacial score (nSPS) is 16.8. The number of hydrogen-bond donors (Lipinski definition) is 1. The van der Waals surface area contributed by atoms with Gasteiger partial charge < -0.3 is 10.5 Å². The zero-order valence-electron chi connectivity index (χ0n) is 9.61. The number of carbonyl (C=O) groups is 1. The SMILES string of the molecule is CCC(C)(N)CC(C)(C)CC(C)=O. The van der Waals surface area contributed by atoms with Crippen LogP contribution in [-0.2, 0) is 4.79 Å². The highest BCUT2D eigenvalue weighted by molar-refractivity contribution is 5.76. The Morgan fingerprint density at radius 3 is 2.08 bits per heavy atom. The highest BCUT2D eigenvalue weighted by Crippen LogP contribution is 2.31. The average Bonchev–Trinajstić information content (AvgIpc) is 1.81. The molecule has 0 aromatic rings. The predicted octanol–water partition coefficient (Wildman–Crippen LogP) is 2.51. The lowest BCUT2D eigenvalue weighted by molar-refractivity contribution is -0.119. The van der Waals surface area contributed by atoms with Gasteiger partial charge in [-0.2, -0.15) is 0 Å². The molecule has 1 atom stereocenters. The molecule has 78 valence electrons. The maximum Gasteiger partial charge on any atom is 0.130 e. The van der Waals surface area contributed by atoms with E-state index in [0.29, 0.717) is 6.42 Å². The predicted molar refractivity (Wildman–Crippen MR) is 56.6 cm³/mol. The molecular formula is C11H23NO. The average molecular weight is 185 g/mol. The molecule has 0 aromatic carbocycles. The summed E-state index contributed by atoms with van der Waals surface area (Å²) in [6.45, 7) is 9.99. The van der Waals surface area contributed by atoms with Gasteiger partial charge in [-0.1, -0.05) is 20.8 Å². The molecule has 0 rings (SSSR count). The van der Waals surface area contributed by atoms with Gasteiger partial charge in [-0.05, 0) is 32.1 Å². The zero-order valence-corrected chi connectivity index (χ0v) is 9.61. The van der Waals surface area contributed by atoms with Crippen molar-refractivity contribution in [2.45, 2.75) is 59.4 Å². The van der Waals surface area contributed by atoms with Crippen LogP contribution < -0.4 is 5.73 Å². The fourth-order valence-electron chi connectivity index (χ4n) is 1.95. The third-order valence-corrected chi connectivity index (χ3v) is 2.42. The number of rotatable bonds is 5. The van der Waals surface area contributed by atoms with Gasteiger partial charge in [0.1, 0.15) is 5.78 Å². The first-order valence-electron chi connectivity index (χ1n) is 4.97. The van der Waals surface area contributed by atoms with Gasteiger partial charge in [0.05, 0.1) is 0 Å². The summed E-state index contributed by atoms with van der Waals surface area (Å²) < 4.78 is 0. The van der Waals surface area contributed by atoms with Crippen LogP contribution in [0.4, 0.5) is 0 Å². The lowest BCUT2D eigenvalue weighted by atomic mass is 9.75. The van der Waals surface area contributed by atoms with Gasteiger partial charge in [0.25, 0.3) is 0 Å². The van der Waals surface area contributed by atoms with E-state index in [-0.39, 0.29) is 16.7 Å². The molecular weight excluding hydrogens is 162 g/mol. The molecule has 0 aromatic heterocycles. The molecule has 0 amide bonds. The minimum absolute atomic E-state index is 0.0331. The molecule has 2 heteroatoms. The summed E-state index contributed by atoms with van der Waals surface area (Å²) in [5.41, 5.74) is 5.96. The van der Waals surface area contributed by atoms with Gasteiger partial charge in [-0.25, -0.2) is 0 Å². The van der Waals surface area contributed by atoms with Gasteiger partial charge in [0, 0.05) is 12.0 Å². The summed E-state index contributed by atoms with van der Waals surface area (Å²) >= 11 is 0. The van der Waals surface area contributed by atoms with Crippen molar-refractivity contribution in [2.75, 3.05) is 0 Å². The number of ketones is 1. The van der Waals surface area contributed by atoms with Crippen LogP contribution in [0.1, 0.15) is 53.9 Å². The van der Waals surface area contributed by atoms with E-state index in [1.807, 2.05) is 0 Å². The van der Waals surface area contributed by atoms with Crippen LogP contribution in [0.5, 0.6) is 0 Å². The quantitative estimate of drug-likeness (QED) is 0.715. The minimum atomic E-state index is -0.140. The summed E-state index contributed by atoms with van der Waals surface area (Å²) in [6.07, 6.45) is 2.48. The maximum atomic E-state index is 11.0. The van der Waals surface area contributed by atoms with Crippen molar-refractivity contribution in [3.05, 3.63) is 0 Å². The molecule has 0 radical (unpaired) electrons. The topological polar surface area (TPSA) is 43.1 Å². The first-order valence-corrected chi connectivity index (χ1v) is 4.97. The van der Waals surface area contributed by atoms with Crippen LogP contribution in [0.25, 0.3) is 0 Å². The molecule has 0 bridgehead atoms. The molecule has 0 aliphatic heterocycles. The van der Waals surface area contributed by atoms with Gasteiger partial charge in [-0.3, -0.25) is 0 Å². The van der Waals surface area contributed by atoms with Gasteiger partial charge in [0.2, 0.25) is 0 Å².